The van der Waals surface area contributed by atoms with Crippen LogP contribution in [0.1, 0.15) is 37.6 Å². The molecular formula is C24H29N3O4S2. The van der Waals surface area contributed by atoms with Gasteiger partial charge < -0.3 is 9.30 Å². The highest BCUT2D eigenvalue weighted by Gasteiger charge is 2.31. The Balaban J connectivity index is 1.62. The van der Waals surface area contributed by atoms with Crippen LogP contribution >= 0.6 is 11.3 Å². The number of aryl methyl sites for hydroxylation is 1. The molecule has 2 aromatic carbocycles. The number of ether oxygens (including phenoxy) is 1. The zero-order valence-corrected chi connectivity index (χ0v) is 20.9. The second-order valence-corrected chi connectivity index (χ2v) is 11.6. The number of sulfonamides is 1. The summed E-state index contributed by atoms with van der Waals surface area (Å²) in [6, 6.07) is 11.9. The maximum Gasteiger partial charge on any atom is 0.279 e. The van der Waals surface area contributed by atoms with E-state index < -0.39 is 15.9 Å². The van der Waals surface area contributed by atoms with Crippen molar-refractivity contribution in [1.29, 1.82) is 0 Å². The molecule has 1 amide bonds. The van der Waals surface area contributed by atoms with Crippen molar-refractivity contribution in [3.8, 4) is 5.75 Å². The van der Waals surface area contributed by atoms with E-state index >= 15 is 0 Å². The van der Waals surface area contributed by atoms with Gasteiger partial charge in [0.1, 0.15) is 5.75 Å². The average Bonchev–Trinajstić information content (AvgIpc) is 3.14. The number of carbonyl (C=O) groups excluding carboxylic acids is 1. The van der Waals surface area contributed by atoms with Crippen LogP contribution in [0.5, 0.6) is 5.75 Å². The molecule has 9 heteroatoms. The molecule has 1 aromatic heterocycles. The quantitative estimate of drug-likeness (QED) is 0.542. The van der Waals surface area contributed by atoms with Gasteiger partial charge in [0.15, 0.2) is 4.80 Å². The zero-order chi connectivity index (χ0) is 23.8. The molecule has 0 radical (unpaired) electrons. The topological polar surface area (TPSA) is 81.0 Å². The Labute approximate surface area is 198 Å². The molecule has 3 aromatic rings. The van der Waals surface area contributed by atoms with Gasteiger partial charge in [-0.1, -0.05) is 25.2 Å². The first kappa shape index (κ1) is 23.7. The van der Waals surface area contributed by atoms with Gasteiger partial charge in [0.2, 0.25) is 10.0 Å². The van der Waals surface area contributed by atoms with Gasteiger partial charge in [-0.15, -0.1) is 0 Å². The Kier molecular flexibility index (Phi) is 6.74. The highest BCUT2D eigenvalue weighted by molar-refractivity contribution is 7.89. The van der Waals surface area contributed by atoms with Gasteiger partial charge in [-0.05, 0) is 67.6 Å². The van der Waals surface area contributed by atoms with Gasteiger partial charge in [-0.3, -0.25) is 4.79 Å². The van der Waals surface area contributed by atoms with Crippen molar-refractivity contribution in [3.63, 3.8) is 0 Å². The van der Waals surface area contributed by atoms with Crippen molar-refractivity contribution in [2.75, 3.05) is 20.2 Å². The third-order valence-corrected chi connectivity index (χ3v) is 8.86. The fourth-order valence-corrected chi connectivity index (χ4v) is 7.24. The Hall–Kier alpha value is -2.49. The van der Waals surface area contributed by atoms with Crippen molar-refractivity contribution in [3.05, 3.63) is 52.8 Å². The van der Waals surface area contributed by atoms with Crippen LogP contribution in [0.4, 0.5) is 0 Å². The largest absolute Gasteiger partial charge is 0.497 e. The number of thiazole rings is 1. The molecule has 0 aliphatic carbocycles. The number of methoxy groups -OCH3 is 1. The molecule has 176 valence electrons. The molecule has 2 heterocycles. The number of rotatable bonds is 5. The Morgan fingerprint density at radius 2 is 1.79 bits per heavy atom. The van der Waals surface area contributed by atoms with E-state index in [1.807, 2.05) is 29.7 Å². The molecule has 0 saturated carbocycles. The van der Waals surface area contributed by atoms with Crippen molar-refractivity contribution in [2.45, 2.75) is 38.6 Å². The normalized spacial score (nSPS) is 20.3. The molecule has 1 aliphatic heterocycles. The van der Waals surface area contributed by atoms with Crippen LogP contribution in [0.15, 0.2) is 52.4 Å². The third-order valence-electron chi connectivity index (χ3n) is 5.98. The van der Waals surface area contributed by atoms with Crippen LogP contribution in [0.2, 0.25) is 0 Å². The van der Waals surface area contributed by atoms with Crippen LogP contribution in [0.3, 0.4) is 0 Å². The number of benzene rings is 2. The SMILES string of the molecule is CCn1c(=NC(=O)c2ccc(S(=O)(=O)N3C[C@H](C)C[C@H](C)C3)cc2)sc2cc(OC)ccc21. The summed E-state index contributed by atoms with van der Waals surface area (Å²) in [5, 5.41) is 0. The smallest absolute Gasteiger partial charge is 0.279 e. The Morgan fingerprint density at radius 1 is 1.12 bits per heavy atom. The first-order valence-corrected chi connectivity index (χ1v) is 13.3. The summed E-state index contributed by atoms with van der Waals surface area (Å²) in [6.45, 7) is 7.87. The second-order valence-electron chi connectivity index (χ2n) is 8.67. The summed E-state index contributed by atoms with van der Waals surface area (Å²) < 4.78 is 36.0. The van der Waals surface area contributed by atoms with Crippen LogP contribution in [0, 0.1) is 11.8 Å². The number of hydrogen-bond acceptors (Lipinski definition) is 5. The predicted molar refractivity (Wildman–Crippen MR) is 130 cm³/mol. The molecule has 7 nitrogen and oxygen atoms in total. The van der Waals surface area contributed by atoms with Crippen molar-refractivity contribution in [2.24, 2.45) is 16.8 Å². The highest BCUT2D eigenvalue weighted by Crippen LogP contribution is 2.27. The van der Waals surface area contributed by atoms with Crippen molar-refractivity contribution >= 4 is 37.5 Å². The van der Waals surface area contributed by atoms with E-state index in [4.69, 9.17) is 4.74 Å². The lowest BCUT2D eigenvalue weighted by molar-refractivity contribution is 0.0997. The zero-order valence-electron chi connectivity index (χ0n) is 19.3. The average molecular weight is 488 g/mol. The number of hydrogen-bond donors (Lipinski definition) is 0. The fraction of sp³-hybridized carbons (Fsp3) is 0.417. The molecule has 33 heavy (non-hydrogen) atoms. The molecule has 1 fully saturated rings. The van der Waals surface area contributed by atoms with Gasteiger partial charge in [-0.25, -0.2) is 8.42 Å². The van der Waals surface area contributed by atoms with Crippen molar-refractivity contribution < 1.29 is 17.9 Å². The van der Waals surface area contributed by atoms with E-state index in [2.05, 4.69) is 18.8 Å². The standard InChI is InChI=1S/C24H29N3O4S2/c1-5-27-21-11-8-19(31-4)13-22(21)32-24(27)25-23(28)18-6-9-20(10-7-18)33(29,30)26-14-16(2)12-17(3)15-26/h6-11,13,16-17H,5,12,14-15H2,1-4H3/t16-,17+. The molecule has 0 spiro atoms. The number of carbonyl (C=O) groups is 1. The van der Waals surface area contributed by atoms with Crippen LogP contribution in [-0.4, -0.2) is 43.4 Å². The molecule has 4 rings (SSSR count). The lowest BCUT2D eigenvalue weighted by Crippen LogP contribution is -2.42. The maximum absolute atomic E-state index is 13.1. The van der Waals surface area contributed by atoms with E-state index in [0.29, 0.717) is 41.8 Å². The van der Waals surface area contributed by atoms with Gasteiger partial charge in [0.05, 0.1) is 22.2 Å². The fourth-order valence-electron chi connectivity index (χ4n) is 4.44. The summed E-state index contributed by atoms with van der Waals surface area (Å²) in [5.41, 5.74) is 1.34. The number of piperidine rings is 1. The van der Waals surface area contributed by atoms with Gasteiger partial charge in [0, 0.05) is 25.2 Å². The molecule has 2 atom stereocenters. The molecule has 1 saturated heterocycles. The molecule has 1 aliphatic rings. The second kappa shape index (κ2) is 9.40. The minimum Gasteiger partial charge on any atom is -0.497 e. The van der Waals surface area contributed by atoms with Crippen LogP contribution in [-0.2, 0) is 16.6 Å². The number of fused-ring (bicyclic) bond motifs is 1. The Bertz CT molecular complexity index is 1330. The maximum atomic E-state index is 13.1. The number of nitrogens with zero attached hydrogens (tertiary/aromatic N) is 3. The third kappa shape index (κ3) is 4.76. The highest BCUT2D eigenvalue weighted by atomic mass is 32.2. The summed E-state index contributed by atoms with van der Waals surface area (Å²) in [4.78, 5) is 18.0. The molecule has 0 N–H and O–H groups in total. The number of amides is 1. The van der Waals surface area contributed by atoms with E-state index in [-0.39, 0.29) is 4.90 Å². The van der Waals surface area contributed by atoms with Gasteiger partial charge in [-0.2, -0.15) is 9.30 Å². The van der Waals surface area contributed by atoms with Gasteiger partial charge >= 0.3 is 0 Å². The Morgan fingerprint density at radius 3 is 2.39 bits per heavy atom. The molecule has 0 bridgehead atoms. The number of aromatic nitrogens is 1. The van der Waals surface area contributed by atoms with Crippen LogP contribution < -0.4 is 9.54 Å². The lowest BCUT2D eigenvalue weighted by atomic mass is 9.94. The van der Waals surface area contributed by atoms with Crippen LogP contribution in [0.25, 0.3) is 10.2 Å². The summed E-state index contributed by atoms with van der Waals surface area (Å²) >= 11 is 1.42. The van der Waals surface area contributed by atoms with E-state index in [1.54, 1.807) is 23.5 Å². The van der Waals surface area contributed by atoms with Gasteiger partial charge in [0.25, 0.3) is 5.91 Å². The predicted octanol–water partition coefficient (Wildman–Crippen LogP) is 4.14. The first-order valence-electron chi connectivity index (χ1n) is 11.1. The molecule has 0 unspecified atom stereocenters. The van der Waals surface area contributed by atoms with Crippen molar-refractivity contribution in [1.82, 2.24) is 8.87 Å². The minimum absolute atomic E-state index is 0.206. The lowest BCUT2D eigenvalue weighted by Gasteiger charge is -2.34. The molecular weight excluding hydrogens is 458 g/mol. The minimum atomic E-state index is -3.59. The van der Waals surface area contributed by atoms with E-state index in [0.717, 1.165) is 22.4 Å². The van der Waals surface area contributed by atoms with E-state index in [1.165, 1.54) is 23.5 Å². The summed E-state index contributed by atoms with van der Waals surface area (Å²) in [6.07, 6.45) is 1.03. The summed E-state index contributed by atoms with van der Waals surface area (Å²) in [7, 11) is -1.97. The van der Waals surface area contributed by atoms with E-state index in [9.17, 15) is 13.2 Å². The first-order chi connectivity index (χ1) is 15.7. The monoisotopic (exact) mass is 487 g/mol. The summed E-state index contributed by atoms with van der Waals surface area (Å²) in [5.74, 6) is 1.00.